The van der Waals surface area contributed by atoms with Gasteiger partial charge in [0.15, 0.2) is 9.84 Å². The first-order valence-electron chi connectivity index (χ1n) is 3.99. The Hall–Kier alpha value is -0.390. The van der Waals surface area contributed by atoms with Crippen molar-refractivity contribution in [2.24, 2.45) is 5.73 Å². The summed E-state index contributed by atoms with van der Waals surface area (Å²) >= 11 is 1.50. The van der Waals surface area contributed by atoms with Crippen LogP contribution < -0.4 is 5.73 Å². The number of hydrogen-bond donors (Lipinski definition) is 1. The third-order valence-corrected chi connectivity index (χ3v) is 4.78. The molecule has 2 N–H and O–H groups in total. The molecular weight excluding hydrogens is 206 g/mol. The van der Waals surface area contributed by atoms with Crippen LogP contribution in [0.15, 0.2) is 16.8 Å². The number of sulfone groups is 1. The summed E-state index contributed by atoms with van der Waals surface area (Å²) in [4.78, 5) is 0. The minimum Gasteiger partial charge on any atom is -0.329 e. The minimum absolute atomic E-state index is 0.106. The summed E-state index contributed by atoms with van der Waals surface area (Å²) in [5.41, 5.74) is 6.16. The normalized spacial score (nSPS) is 14.3. The van der Waals surface area contributed by atoms with Crippen LogP contribution in [0, 0.1) is 0 Å². The molecule has 5 heteroatoms. The Morgan fingerprint density at radius 3 is 2.77 bits per heavy atom. The molecule has 1 unspecified atom stereocenters. The van der Waals surface area contributed by atoms with Crippen LogP contribution in [0.5, 0.6) is 0 Å². The molecule has 1 aromatic rings. The highest BCUT2D eigenvalue weighted by molar-refractivity contribution is 7.91. The van der Waals surface area contributed by atoms with Gasteiger partial charge < -0.3 is 5.73 Å². The second kappa shape index (κ2) is 4.21. The average Bonchev–Trinajstić information content (AvgIpc) is 2.54. The second-order valence-electron chi connectivity index (χ2n) is 2.99. The summed E-state index contributed by atoms with van der Waals surface area (Å²) < 4.78 is 23.1. The number of nitrogens with two attached hydrogens (primary N) is 1. The lowest BCUT2D eigenvalue weighted by Gasteiger charge is -2.08. The summed E-state index contributed by atoms with van der Waals surface area (Å²) in [5.74, 6) is 0.106. The Morgan fingerprint density at radius 2 is 2.31 bits per heavy atom. The van der Waals surface area contributed by atoms with Gasteiger partial charge in [-0.1, -0.05) is 0 Å². The molecule has 0 aromatic carbocycles. The fourth-order valence-electron chi connectivity index (χ4n) is 0.896. The van der Waals surface area contributed by atoms with Crippen molar-refractivity contribution in [3.8, 4) is 0 Å². The first kappa shape index (κ1) is 10.7. The van der Waals surface area contributed by atoms with Crippen molar-refractivity contribution in [2.45, 2.75) is 17.9 Å². The summed E-state index contributed by atoms with van der Waals surface area (Å²) in [6.45, 7) is 1.83. The SMILES string of the molecule is CC(CN)S(=O)(=O)Cc1ccsc1. The third kappa shape index (κ3) is 2.79. The molecule has 0 amide bonds. The largest absolute Gasteiger partial charge is 0.329 e. The number of thiophene rings is 1. The average molecular weight is 219 g/mol. The van der Waals surface area contributed by atoms with Gasteiger partial charge in [-0.05, 0) is 29.3 Å². The Morgan fingerprint density at radius 1 is 1.62 bits per heavy atom. The van der Waals surface area contributed by atoms with E-state index in [1.54, 1.807) is 6.92 Å². The molecule has 0 fully saturated rings. The van der Waals surface area contributed by atoms with Gasteiger partial charge in [0, 0.05) is 6.54 Å². The van der Waals surface area contributed by atoms with Crippen molar-refractivity contribution in [2.75, 3.05) is 6.54 Å². The number of rotatable bonds is 4. The van der Waals surface area contributed by atoms with Crippen LogP contribution in [0.2, 0.25) is 0 Å². The van der Waals surface area contributed by atoms with Crippen molar-refractivity contribution < 1.29 is 8.42 Å². The highest BCUT2D eigenvalue weighted by Crippen LogP contribution is 2.13. The molecule has 0 aliphatic carbocycles. The molecule has 13 heavy (non-hydrogen) atoms. The second-order valence-corrected chi connectivity index (χ2v) is 6.18. The van der Waals surface area contributed by atoms with E-state index in [0.29, 0.717) is 0 Å². The molecule has 0 spiro atoms. The first-order chi connectivity index (χ1) is 6.06. The van der Waals surface area contributed by atoms with E-state index in [1.165, 1.54) is 11.3 Å². The minimum atomic E-state index is -3.05. The predicted molar refractivity (Wildman–Crippen MR) is 55.5 cm³/mol. The van der Waals surface area contributed by atoms with Gasteiger partial charge in [-0.25, -0.2) is 8.42 Å². The van der Waals surface area contributed by atoms with Crippen LogP contribution in [0.25, 0.3) is 0 Å². The van der Waals surface area contributed by atoms with Crippen LogP contribution in [-0.2, 0) is 15.6 Å². The van der Waals surface area contributed by atoms with Gasteiger partial charge in [0.05, 0.1) is 11.0 Å². The summed E-state index contributed by atoms with van der Waals surface area (Å²) in [5, 5.41) is 3.27. The first-order valence-corrected chi connectivity index (χ1v) is 6.65. The molecule has 0 saturated heterocycles. The highest BCUT2D eigenvalue weighted by Gasteiger charge is 2.19. The molecule has 3 nitrogen and oxygen atoms in total. The third-order valence-electron chi connectivity index (χ3n) is 1.89. The van der Waals surface area contributed by atoms with E-state index in [4.69, 9.17) is 5.73 Å². The molecular formula is C8H13NO2S2. The van der Waals surface area contributed by atoms with Gasteiger partial charge in [-0.15, -0.1) is 0 Å². The molecule has 0 aliphatic rings. The smallest absolute Gasteiger partial charge is 0.158 e. The van der Waals surface area contributed by atoms with Gasteiger partial charge in [-0.3, -0.25) is 0 Å². The summed E-state index contributed by atoms with van der Waals surface area (Å²) in [7, 11) is -3.05. The van der Waals surface area contributed by atoms with Crippen molar-refractivity contribution in [1.29, 1.82) is 0 Å². The van der Waals surface area contributed by atoms with Crippen molar-refractivity contribution in [1.82, 2.24) is 0 Å². The summed E-state index contributed by atoms with van der Waals surface area (Å²) in [6, 6.07) is 1.82. The molecule has 1 rings (SSSR count). The fraction of sp³-hybridized carbons (Fsp3) is 0.500. The van der Waals surface area contributed by atoms with Crippen LogP contribution in [0.1, 0.15) is 12.5 Å². The zero-order chi connectivity index (χ0) is 9.90. The van der Waals surface area contributed by atoms with E-state index in [0.717, 1.165) is 5.56 Å². The van der Waals surface area contributed by atoms with E-state index in [9.17, 15) is 8.42 Å². The van der Waals surface area contributed by atoms with Crippen LogP contribution in [0.4, 0.5) is 0 Å². The van der Waals surface area contributed by atoms with Crippen molar-refractivity contribution >= 4 is 21.2 Å². The Kier molecular flexibility index (Phi) is 3.47. The van der Waals surface area contributed by atoms with Crippen LogP contribution in [0.3, 0.4) is 0 Å². The zero-order valence-corrected chi connectivity index (χ0v) is 9.07. The summed E-state index contributed by atoms with van der Waals surface area (Å²) in [6.07, 6.45) is 0. The lowest BCUT2D eigenvalue weighted by molar-refractivity contribution is 0.583. The van der Waals surface area contributed by atoms with E-state index < -0.39 is 15.1 Å². The van der Waals surface area contributed by atoms with E-state index >= 15 is 0 Å². The van der Waals surface area contributed by atoms with Crippen LogP contribution >= 0.6 is 11.3 Å². The lowest BCUT2D eigenvalue weighted by atomic mass is 10.4. The standard InChI is InChI=1S/C8H13NO2S2/c1-7(4-9)13(10,11)6-8-2-3-12-5-8/h2-3,5,7H,4,6,9H2,1H3. The van der Waals surface area contributed by atoms with Crippen LogP contribution in [-0.4, -0.2) is 20.2 Å². The molecule has 1 atom stereocenters. The topological polar surface area (TPSA) is 60.2 Å². The van der Waals surface area contributed by atoms with Crippen molar-refractivity contribution in [3.63, 3.8) is 0 Å². The van der Waals surface area contributed by atoms with Gasteiger partial charge in [0.1, 0.15) is 0 Å². The van der Waals surface area contributed by atoms with Gasteiger partial charge in [-0.2, -0.15) is 11.3 Å². The van der Waals surface area contributed by atoms with E-state index in [-0.39, 0.29) is 12.3 Å². The monoisotopic (exact) mass is 219 g/mol. The lowest BCUT2D eigenvalue weighted by Crippen LogP contribution is -2.27. The molecule has 1 aromatic heterocycles. The van der Waals surface area contributed by atoms with Gasteiger partial charge in [0.25, 0.3) is 0 Å². The molecule has 0 saturated carbocycles. The van der Waals surface area contributed by atoms with Gasteiger partial charge in [0.2, 0.25) is 0 Å². The maximum atomic E-state index is 11.6. The molecule has 0 radical (unpaired) electrons. The van der Waals surface area contributed by atoms with E-state index in [1.807, 2.05) is 16.8 Å². The maximum Gasteiger partial charge on any atom is 0.158 e. The quantitative estimate of drug-likeness (QED) is 0.822. The molecule has 0 bridgehead atoms. The Balaban J connectivity index is 2.74. The molecule has 1 heterocycles. The molecule has 0 aliphatic heterocycles. The molecule has 74 valence electrons. The Bertz CT molecular complexity index is 342. The van der Waals surface area contributed by atoms with Crippen molar-refractivity contribution in [3.05, 3.63) is 22.4 Å². The maximum absolute atomic E-state index is 11.6. The number of hydrogen-bond acceptors (Lipinski definition) is 4. The highest BCUT2D eigenvalue weighted by atomic mass is 32.2. The Labute approximate surface area is 82.5 Å². The fourth-order valence-corrected chi connectivity index (χ4v) is 2.89. The predicted octanol–water partition coefficient (Wildman–Crippen LogP) is 1.01. The van der Waals surface area contributed by atoms with E-state index in [2.05, 4.69) is 0 Å². The zero-order valence-electron chi connectivity index (χ0n) is 7.43. The van der Waals surface area contributed by atoms with Gasteiger partial charge >= 0.3 is 0 Å².